The molecule has 0 radical (unpaired) electrons. The second kappa shape index (κ2) is 5.53. The highest BCUT2D eigenvalue weighted by Crippen LogP contribution is 2.21. The molecule has 0 spiro atoms. The molecule has 1 aliphatic carbocycles. The molecule has 0 saturated carbocycles. The molecular formula is C14H22N4. The summed E-state index contributed by atoms with van der Waals surface area (Å²) in [4.78, 5) is 4.49. The Bertz CT molecular complexity index is 443. The van der Waals surface area contributed by atoms with E-state index in [2.05, 4.69) is 20.9 Å². The monoisotopic (exact) mass is 246 g/mol. The number of hydrogen-bond donors (Lipinski definition) is 1. The standard InChI is InChI=1S/C14H22N4/c1-3-17-14(2,10-15)8-9-18-11-16-12-6-4-5-7-13(12)18/h11,17H,3-9H2,1-2H3. The first-order chi connectivity index (χ1) is 8.68. The number of aryl methyl sites for hydroxylation is 2. The van der Waals surface area contributed by atoms with E-state index in [0.717, 1.165) is 32.4 Å². The number of nitrogens with one attached hydrogen (secondary N) is 1. The van der Waals surface area contributed by atoms with E-state index in [4.69, 9.17) is 0 Å². The number of rotatable bonds is 5. The highest BCUT2D eigenvalue weighted by Gasteiger charge is 2.23. The van der Waals surface area contributed by atoms with E-state index in [9.17, 15) is 5.26 Å². The van der Waals surface area contributed by atoms with Crippen molar-refractivity contribution in [1.29, 1.82) is 5.26 Å². The predicted octanol–water partition coefficient (Wildman–Crippen LogP) is 2.04. The van der Waals surface area contributed by atoms with Crippen molar-refractivity contribution in [3.8, 4) is 6.07 Å². The van der Waals surface area contributed by atoms with E-state index in [1.807, 2.05) is 20.2 Å². The van der Waals surface area contributed by atoms with Crippen LogP contribution >= 0.6 is 0 Å². The van der Waals surface area contributed by atoms with Gasteiger partial charge in [0.15, 0.2) is 0 Å². The SMILES string of the molecule is CCNC(C)(C#N)CCn1cnc2c1CCCC2. The van der Waals surface area contributed by atoms with E-state index in [1.165, 1.54) is 24.2 Å². The van der Waals surface area contributed by atoms with Crippen LogP contribution in [0.1, 0.15) is 44.5 Å². The first kappa shape index (κ1) is 13.1. The van der Waals surface area contributed by atoms with Crippen LogP contribution in [0.4, 0.5) is 0 Å². The smallest absolute Gasteiger partial charge is 0.105 e. The van der Waals surface area contributed by atoms with E-state index in [1.54, 1.807) is 0 Å². The molecule has 0 bridgehead atoms. The van der Waals surface area contributed by atoms with Crippen molar-refractivity contribution in [1.82, 2.24) is 14.9 Å². The minimum atomic E-state index is -0.430. The summed E-state index contributed by atoms with van der Waals surface area (Å²) in [6.07, 6.45) is 7.55. The van der Waals surface area contributed by atoms with Gasteiger partial charge < -0.3 is 4.57 Å². The summed E-state index contributed by atoms with van der Waals surface area (Å²) in [7, 11) is 0. The Labute approximate surface area is 109 Å². The van der Waals surface area contributed by atoms with Crippen molar-refractivity contribution in [2.75, 3.05) is 6.54 Å². The Hall–Kier alpha value is -1.34. The van der Waals surface area contributed by atoms with Gasteiger partial charge in [-0.25, -0.2) is 4.98 Å². The molecule has 4 heteroatoms. The molecule has 98 valence electrons. The zero-order valence-electron chi connectivity index (χ0n) is 11.4. The van der Waals surface area contributed by atoms with Crippen LogP contribution in [0, 0.1) is 11.3 Å². The van der Waals surface area contributed by atoms with Crippen LogP contribution in [0.15, 0.2) is 6.33 Å². The number of nitrogens with zero attached hydrogens (tertiary/aromatic N) is 3. The van der Waals surface area contributed by atoms with Crippen LogP contribution in [0.5, 0.6) is 0 Å². The summed E-state index contributed by atoms with van der Waals surface area (Å²) in [5, 5.41) is 12.5. The van der Waals surface area contributed by atoms with Gasteiger partial charge in [-0.2, -0.15) is 5.26 Å². The van der Waals surface area contributed by atoms with Gasteiger partial charge in [0.05, 0.1) is 18.1 Å². The highest BCUT2D eigenvalue weighted by atomic mass is 15.1. The lowest BCUT2D eigenvalue weighted by atomic mass is 9.98. The maximum Gasteiger partial charge on any atom is 0.105 e. The summed E-state index contributed by atoms with van der Waals surface area (Å²) in [6.45, 7) is 5.71. The van der Waals surface area contributed by atoms with Gasteiger partial charge >= 0.3 is 0 Å². The number of imidazole rings is 1. The molecule has 1 N–H and O–H groups in total. The first-order valence-electron chi connectivity index (χ1n) is 6.87. The third-order valence-electron chi connectivity index (χ3n) is 3.78. The van der Waals surface area contributed by atoms with Crippen molar-refractivity contribution in [3.63, 3.8) is 0 Å². The van der Waals surface area contributed by atoms with Crippen LogP contribution in [-0.2, 0) is 19.4 Å². The van der Waals surface area contributed by atoms with Crippen molar-refractivity contribution >= 4 is 0 Å². The molecule has 1 atom stereocenters. The first-order valence-corrected chi connectivity index (χ1v) is 6.87. The van der Waals surface area contributed by atoms with Gasteiger partial charge in [-0.15, -0.1) is 0 Å². The maximum absolute atomic E-state index is 9.25. The molecule has 18 heavy (non-hydrogen) atoms. The molecule has 2 rings (SSSR count). The fraction of sp³-hybridized carbons (Fsp3) is 0.714. The maximum atomic E-state index is 9.25. The van der Waals surface area contributed by atoms with E-state index in [-0.39, 0.29) is 0 Å². The van der Waals surface area contributed by atoms with E-state index in [0.29, 0.717) is 0 Å². The fourth-order valence-corrected chi connectivity index (χ4v) is 2.64. The molecule has 0 aromatic carbocycles. The molecule has 0 fully saturated rings. The van der Waals surface area contributed by atoms with E-state index < -0.39 is 5.54 Å². The number of aromatic nitrogens is 2. The molecule has 1 aromatic heterocycles. The lowest BCUT2D eigenvalue weighted by Gasteiger charge is -2.23. The van der Waals surface area contributed by atoms with Gasteiger partial charge in [0.25, 0.3) is 0 Å². The van der Waals surface area contributed by atoms with Crippen LogP contribution in [0.25, 0.3) is 0 Å². The topological polar surface area (TPSA) is 53.6 Å². The van der Waals surface area contributed by atoms with Crippen molar-refractivity contribution in [3.05, 3.63) is 17.7 Å². The molecule has 0 amide bonds. The van der Waals surface area contributed by atoms with Gasteiger partial charge in [0.1, 0.15) is 5.54 Å². The summed E-state index contributed by atoms with van der Waals surface area (Å²) in [6, 6.07) is 2.38. The molecule has 4 nitrogen and oxygen atoms in total. The minimum Gasteiger partial charge on any atom is -0.334 e. The van der Waals surface area contributed by atoms with Gasteiger partial charge in [-0.3, -0.25) is 5.32 Å². The van der Waals surface area contributed by atoms with Crippen LogP contribution in [0.2, 0.25) is 0 Å². The lowest BCUT2D eigenvalue weighted by molar-refractivity contribution is 0.397. The Morgan fingerprint density at radius 1 is 1.50 bits per heavy atom. The van der Waals surface area contributed by atoms with Crippen LogP contribution in [-0.4, -0.2) is 21.6 Å². The Balaban J connectivity index is 2.02. The quantitative estimate of drug-likeness (QED) is 0.865. The average Bonchev–Trinajstić information content (AvgIpc) is 2.80. The molecule has 0 aliphatic heterocycles. The minimum absolute atomic E-state index is 0.430. The van der Waals surface area contributed by atoms with Gasteiger partial charge in [-0.05, 0) is 45.6 Å². The van der Waals surface area contributed by atoms with Gasteiger partial charge in [-0.1, -0.05) is 6.92 Å². The summed E-state index contributed by atoms with van der Waals surface area (Å²) < 4.78 is 2.24. The molecule has 1 aromatic rings. The zero-order valence-corrected chi connectivity index (χ0v) is 11.4. The highest BCUT2D eigenvalue weighted by molar-refractivity contribution is 5.16. The molecule has 1 heterocycles. The molecular weight excluding hydrogens is 224 g/mol. The number of nitriles is 1. The van der Waals surface area contributed by atoms with Crippen molar-refractivity contribution < 1.29 is 0 Å². The summed E-state index contributed by atoms with van der Waals surface area (Å²) in [5.74, 6) is 0. The second-order valence-electron chi connectivity index (χ2n) is 5.26. The van der Waals surface area contributed by atoms with Crippen molar-refractivity contribution in [2.45, 2.75) is 58.0 Å². The molecule has 0 saturated heterocycles. The zero-order chi connectivity index (χ0) is 13.0. The number of fused-ring (bicyclic) bond motifs is 1. The van der Waals surface area contributed by atoms with Crippen LogP contribution in [0.3, 0.4) is 0 Å². The Morgan fingerprint density at radius 2 is 2.28 bits per heavy atom. The third-order valence-corrected chi connectivity index (χ3v) is 3.78. The van der Waals surface area contributed by atoms with Crippen LogP contribution < -0.4 is 5.32 Å². The average molecular weight is 246 g/mol. The lowest BCUT2D eigenvalue weighted by Crippen LogP contribution is -2.41. The normalized spacial score (nSPS) is 17.8. The third kappa shape index (κ3) is 2.73. The van der Waals surface area contributed by atoms with E-state index >= 15 is 0 Å². The number of hydrogen-bond acceptors (Lipinski definition) is 3. The predicted molar refractivity (Wildman–Crippen MR) is 71.2 cm³/mol. The fourth-order valence-electron chi connectivity index (χ4n) is 2.64. The molecule has 1 aliphatic rings. The second-order valence-corrected chi connectivity index (χ2v) is 5.26. The Morgan fingerprint density at radius 3 is 3.00 bits per heavy atom. The van der Waals surface area contributed by atoms with Gasteiger partial charge in [0.2, 0.25) is 0 Å². The summed E-state index contributed by atoms with van der Waals surface area (Å²) in [5.41, 5.74) is 2.22. The van der Waals surface area contributed by atoms with Crippen molar-refractivity contribution in [2.24, 2.45) is 0 Å². The summed E-state index contributed by atoms with van der Waals surface area (Å²) >= 11 is 0. The Kier molecular flexibility index (Phi) is 4.03. The molecule has 1 unspecified atom stereocenters. The van der Waals surface area contributed by atoms with Gasteiger partial charge in [0, 0.05) is 12.2 Å². The largest absolute Gasteiger partial charge is 0.334 e.